The summed E-state index contributed by atoms with van der Waals surface area (Å²) in [5, 5.41) is 5.78. The summed E-state index contributed by atoms with van der Waals surface area (Å²) in [6.45, 7) is 3.81. The standard InChI is InChI=1S/C20H24N2O2/c1-3-19(23)22-18-13-11-17(12-14-18)20(24)21-15(2)9-10-16-7-5-4-6-8-16/h4-8,11-15H,3,9-10H2,1-2H3,(H,21,24)(H,22,23). The van der Waals surface area contributed by atoms with Crippen molar-refractivity contribution in [3.63, 3.8) is 0 Å². The molecule has 2 rings (SSSR count). The maximum Gasteiger partial charge on any atom is 0.251 e. The zero-order valence-electron chi connectivity index (χ0n) is 14.2. The van der Waals surface area contributed by atoms with Gasteiger partial charge in [-0.1, -0.05) is 37.3 Å². The number of carbonyl (C=O) groups is 2. The summed E-state index contributed by atoms with van der Waals surface area (Å²) < 4.78 is 0. The fraction of sp³-hybridized carbons (Fsp3) is 0.300. The van der Waals surface area contributed by atoms with Gasteiger partial charge in [-0.2, -0.15) is 0 Å². The molecule has 1 unspecified atom stereocenters. The Hall–Kier alpha value is -2.62. The van der Waals surface area contributed by atoms with E-state index in [9.17, 15) is 9.59 Å². The first-order valence-corrected chi connectivity index (χ1v) is 8.33. The van der Waals surface area contributed by atoms with Crippen molar-refractivity contribution in [3.05, 3.63) is 65.7 Å². The highest BCUT2D eigenvalue weighted by molar-refractivity contribution is 5.95. The van der Waals surface area contributed by atoms with Gasteiger partial charge in [0, 0.05) is 23.7 Å². The van der Waals surface area contributed by atoms with Crippen LogP contribution in [0, 0.1) is 0 Å². The molecule has 0 radical (unpaired) electrons. The van der Waals surface area contributed by atoms with Crippen LogP contribution in [0.1, 0.15) is 42.6 Å². The minimum atomic E-state index is -0.0936. The van der Waals surface area contributed by atoms with E-state index in [4.69, 9.17) is 0 Å². The SMILES string of the molecule is CCC(=O)Nc1ccc(C(=O)NC(C)CCc2ccccc2)cc1. The minimum Gasteiger partial charge on any atom is -0.350 e. The molecule has 0 aromatic heterocycles. The molecule has 4 nitrogen and oxygen atoms in total. The molecule has 0 spiro atoms. The normalized spacial score (nSPS) is 11.6. The first-order valence-electron chi connectivity index (χ1n) is 8.33. The number of carbonyl (C=O) groups excluding carboxylic acids is 2. The van der Waals surface area contributed by atoms with E-state index in [1.807, 2.05) is 25.1 Å². The monoisotopic (exact) mass is 324 g/mol. The van der Waals surface area contributed by atoms with Crippen molar-refractivity contribution >= 4 is 17.5 Å². The van der Waals surface area contributed by atoms with Crippen LogP contribution in [0.25, 0.3) is 0 Å². The van der Waals surface area contributed by atoms with Crippen LogP contribution in [0.4, 0.5) is 5.69 Å². The van der Waals surface area contributed by atoms with Crippen LogP contribution in [0.3, 0.4) is 0 Å². The van der Waals surface area contributed by atoms with E-state index in [2.05, 4.69) is 22.8 Å². The molecule has 0 saturated heterocycles. The van der Waals surface area contributed by atoms with Crippen molar-refractivity contribution in [2.75, 3.05) is 5.32 Å². The summed E-state index contributed by atoms with van der Waals surface area (Å²) in [7, 11) is 0. The third-order valence-electron chi connectivity index (χ3n) is 3.84. The van der Waals surface area contributed by atoms with Gasteiger partial charge in [0.1, 0.15) is 0 Å². The van der Waals surface area contributed by atoms with Crippen LogP contribution in [-0.2, 0) is 11.2 Å². The lowest BCUT2D eigenvalue weighted by molar-refractivity contribution is -0.115. The second-order valence-electron chi connectivity index (χ2n) is 5.88. The molecular weight excluding hydrogens is 300 g/mol. The van der Waals surface area contributed by atoms with E-state index in [-0.39, 0.29) is 17.9 Å². The van der Waals surface area contributed by atoms with E-state index in [1.54, 1.807) is 31.2 Å². The van der Waals surface area contributed by atoms with E-state index >= 15 is 0 Å². The third kappa shape index (κ3) is 5.54. The predicted octanol–water partition coefficient (Wildman–Crippen LogP) is 3.79. The van der Waals surface area contributed by atoms with Crippen LogP contribution in [-0.4, -0.2) is 17.9 Å². The number of rotatable bonds is 7. The van der Waals surface area contributed by atoms with Crippen molar-refractivity contribution in [2.24, 2.45) is 0 Å². The topological polar surface area (TPSA) is 58.2 Å². The van der Waals surface area contributed by atoms with Gasteiger partial charge in [0.15, 0.2) is 0 Å². The zero-order chi connectivity index (χ0) is 17.4. The molecule has 0 aliphatic rings. The lowest BCUT2D eigenvalue weighted by atomic mass is 10.1. The van der Waals surface area contributed by atoms with Crippen LogP contribution in [0.15, 0.2) is 54.6 Å². The minimum absolute atomic E-state index is 0.0401. The van der Waals surface area contributed by atoms with Gasteiger partial charge in [0.2, 0.25) is 5.91 Å². The number of nitrogens with one attached hydrogen (secondary N) is 2. The third-order valence-corrected chi connectivity index (χ3v) is 3.84. The molecule has 0 aliphatic carbocycles. The number of amides is 2. The van der Waals surface area contributed by atoms with Gasteiger partial charge in [-0.25, -0.2) is 0 Å². The Morgan fingerprint density at radius 3 is 2.29 bits per heavy atom. The van der Waals surface area contributed by atoms with Crippen LogP contribution < -0.4 is 10.6 Å². The molecule has 4 heteroatoms. The van der Waals surface area contributed by atoms with E-state index < -0.39 is 0 Å². The first kappa shape index (κ1) is 17.7. The molecule has 2 N–H and O–H groups in total. The largest absolute Gasteiger partial charge is 0.350 e. The van der Waals surface area contributed by atoms with Crippen molar-refractivity contribution in [1.82, 2.24) is 5.32 Å². The quantitative estimate of drug-likeness (QED) is 0.814. The molecule has 1 atom stereocenters. The molecule has 24 heavy (non-hydrogen) atoms. The molecule has 2 amide bonds. The lowest BCUT2D eigenvalue weighted by Gasteiger charge is -2.14. The Labute approximate surface area is 143 Å². The van der Waals surface area contributed by atoms with Crippen LogP contribution in [0.2, 0.25) is 0 Å². The van der Waals surface area contributed by atoms with Gasteiger partial charge in [0.05, 0.1) is 0 Å². The average Bonchev–Trinajstić information content (AvgIpc) is 2.61. The van der Waals surface area contributed by atoms with Gasteiger partial charge >= 0.3 is 0 Å². The smallest absolute Gasteiger partial charge is 0.251 e. The maximum atomic E-state index is 12.3. The predicted molar refractivity (Wildman–Crippen MR) is 97.1 cm³/mol. The fourth-order valence-corrected chi connectivity index (χ4v) is 2.36. The van der Waals surface area contributed by atoms with E-state index in [0.29, 0.717) is 17.7 Å². The van der Waals surface area contributed by atoms with Gasteiger partial charge in [-0.15, -0.1) is 0 Å². The highest BCUT2D eigenvalue weighted by Gasteiger charge is 2.10. The molecule has 0 saturated carbocycles. The Morgan fingerprint density at radius 1 is 1.00 bits per heavy atom. The van der Waals surface area contributed by atoms with Crippen molar-refractivity contribution in [1.29, 1.82) is 0 Å². The highest BCUT2D eigenvalue weighted by atomic mass is 16.2. The fourth-order valence-electron chi connectivity index (χ4n) is 2.36. The number of aryl methyl sites for hydroxylation is 1. The van der Waals surface area contributed by atoms with Crippen molar-refractivity contribution in [3.8, 4) is 0 Å². The van der Waals surface area contributed by atoms with E-state index in [0.717, 1.165) is 12.8 Å². The number of benzene rings is 2. The van der Waals surface area contributed by atoms with Crippen molar-refractivity contribution < 1.29 is 9.59 Å². The molecule has 126 valence electrons. The van der Waals surface area contributed by atoms with Gasteiger partial charge in [0.25, 0.3) is 5.91 Å². The van der Waals surface area contributed by atoms with Gasteiger partial charge in [-0.05, 0) is 49.6 Å². The molecule has 2 aromatic rings. The summed E-state index contributed by atoms with van der Waals surface area (Å²) in [5.41, 5.74) is 2.57. The summed E-state index contributed by atoms with van der Waals surface area (Å²) in [6.07, 6.45) is 2.26. The molecular formula is C20H24N2O2. The Bertz CT molecular complexity index is 666. The molecule has 0 heterocycles. The van der Waals surface area contributed by atoms with Crippen molar-refractivity contribution in [2.45, 2.75) is 39.2 Å². The Kier molecular flexibility index (Phi) is 6.55. The molecule has 0 fully saturated rings. The number of hydrogen-bond donors (Lipinski definition) is 2. The zero-order valence-corrected chi connectivity index (χ0v) is 14.2. The molecule has 0 bridgehead atoms. The maximum absolute atomic E-state index is 12.3. The molecule has 0 aliphatic heterocycles. The summed E-state index contributed by atoms with van der Waals surface area (Å²) in [4.78, 5) is 23.6. The molecule has 2 aromatic carbocycles. The summed E-state index contributed by atoms with van der Waals surface area (Å²) in [5.74, 6) is -0.134. The first-order chi connectivity index (χ1) is 11.6. The van der Waals surface area contributed by atoms with Crippen LogP contribution >= 0.6 is 0 Å². The van der Waals surface area contributed by atoms with E-state index in [1.165, 1.54) is 5.56 Å². The lowest BCUT2D eigenvalue weighted by Crippen LogP contribution is -2.32. The Balaban J connectivity index is 1.83. The average molecular weight is 324 g/mol. The second-order valence-corrected chi connectivity index (χ2v) is 5.88. The number of anilines is 1. The Morgan fingerprint density at radius 2 is 1.67 bits per heavy atom. The van der Waals surface area contributed by atoms with Crippen LogP contribution in [0.5, 0.6) is 0 Å². The summed E-state index contributed by atoms with van der Waals surface area (Å²) >= 11 is 0. The highest BCUT2D eigenvalue weighted by Crippen LogP contribution is 2.11. The second kappa shape index (κ2) is 8.87. The number of hydrogen-bond acceptors (Lipinski definition) is 2. The van der Waals surface area contributed by atoms with Gasteiger partial charge < -0.3 is 10.6 Å². The summed E-state index contributed by atoms with van der Waals surface area (Å²) in [6, 6.07) is 17.3. The van der Waals surface area contributed by atoms with Gasteiger partial charge in [-0.3, -0.25) is 9.59 Å².